The fourth-order valence-corrected chi connectivity index (χ4v) is 1.76. The summed E-state index contributed by atoms with van der Waals surface area (Å²) in [6.07, 6.45) is 1.55. The topological polar surface area (TPSA) is 58.6 Å². The summed E-state index contributed by atoms with van der Waals surface area (Å²) in [5.41, 5.74) is -0.541. The SMILES string of the molecule is C[C@H](NC(=O)OC(C)(C)C)C(=O)N1CCCC1. The molecule has 5 nitrogen and oxygen atoms in total. The second kappa shape index (κ2) is 5.38. The van der Waals surface area contributed by atoms with Gasteiger partial charge < -0.3 is 15.0 Å². The number of rotatable bonds is 2. The highest BCUT2D eigenvalue weighted by Gasteiger charge is 2.26. The fourth-order valence-electron chi connectivity index (χ4n) is 1.76. The van der Waals surface area contributed by atoms with Crippen LogP contribution in [0.2, 0.25) is 0 Å². The van der Waals surface area contributed by atoms with E-state index in [0.717, 1.165) is 25.9 Å². The Balaban J connectivity index is 2.40. The molecule has 1 saturated heterocycles. The van der Waals surface area contributed by atoms with E-state index in [1.165, 1.54) is 0 Å². The Kier molecular flexibility index (Phi) is 4.37. The molecule has 1 rings (SSSR count). The summed E-state index contributed by atoms with van der Waals surface area (Å²) in [4.78, 5) is 25.2. The quantitative estimate of drug-likeness (QED) is 0.798. The van der Waals surface area contributed by atoms with Crippen LogP contribution in [0.3, 0.4) is 0 Å². The van der Waals surface area contributed by atoms with Gasteiger partial charge in [0.25, 0.3) is 0 Å². The molecule has 0 spiro atoms. The van der Waals surface area contributed by atoms with Gasteiger partial charge in [-0.25, -0.2) is 4.79 Å². The van der Waals surface area contributed by atoms with Gasteiger partial charge in [0.05, 0.1) is 0 Å². The van der Waals surface area contributed by atoms with Gasteiger partial charge in [-0.05, 0) is 40.5 Å². The van der Waals surface area contributed by atoms with Crippen LogP contribution in [0.1, 0.15) is 40.5 Å². The minimum absolute atomic E-state index is 0.0339. The van der Waals surface area contributed by atoms with Gasteiger partial charge >= 0.3 is 6.09 Å². The van der Waals surface area contributed by atoms with E-state index in [2.05, 4.69) is 5.32 Å². The molecule has 1 aliphatic heterocycles. The predicted octanol–water partition coefficient (Wildman–Crippen LogP) is 1.52. The number of carbonyl (C=O) groups excluding carboxylic acids is 2. The highest BCUT2D eigenvalue weighted by molar-refractivity contribution is 5.85. The molecule has 0 unspecified atom stereocenters. The van der Waals surface area contributed by atoms with Crippen LogP contribution < -0.4 is 5.32 Å². The van der Waals surface area contributed by atoms with Crippen LogP contribution in [0.15, 0.2) is 0 Å². The van der Waals surface area contributed by atoms with E-state index >= 15 is 0 Å². The summed E-state index contributed by atoms with van der Waals surface area (Å²) >= 11 is 0. The van der Waals surface area contributed by atoms with Crippen LogP contribution in [0, 0.1) is 0 Å². The van der Waals surface area contributed by atoms with Gasteiger partial charge in [0.15, 0.2) is 0 Å². The van der Waals surface area contributed by atoms with Crippen LogP contribution in [-0.2, 0) is 9.53 Å². The zero-order valence-corrected chi connectivity index (χ0v) is 11.1. The van der Waals surface area contributed by atoms with Gasteiger partial charge in [0.2, 0.25) is 5.91 Å². The Morgan fingerprint density at radius 1 is 1.24 bits per heavy atom. The third-order valence-corrected chi connectivity index (χ3v) is 2.52. The van der Waals surface area contributed by atoms with Gasteiger partial charge in [0.1, 0.15) is 11.6 Å². The second-order valence-corrected chi connectivity index (χ2v) is 5.40. The number of amides is 2. The molecule has 0 aliphatic carbocycles. The van der Waals surface area contributed by atoms with E-state index in [9.17, 15) is 9.59 Å². The number of nitrogens with zero attached hydrogens (tertiary/aromatic N) is 1. The van der Waals surface area contributed by atoms with Crippen LogP contribution in [0.25, 0.3) is 0 Å². The number of hydrogen-bond acceptors (Lipinski definition) is 3. The molecule has 0 radical (unpaired) electrons. The summed E-state index contributed by atoms with van der Waals surface area (Å²) in [5, 5.41) is 2.56. The van der Waals surface area contributed by atoms with E-state index in [-0.39, 0.29) is 5.91 Å². The number of ether oxygens (including phenoxy) is 1. The summed E-state index contributed by atoms with van der Waals surface area (Å²) in [6, 6.07) is -0.525. The van der Waals surface area contributed by atoms with Crippen LogP contribution in [0.5, 0.6) is 0 Å². The molecule has 5 heteroatoms. The Morgan fingerprint density at radius 3 is 2.24 bits per heavy atom. The first kappa shape index (κ1) is 13.8. The summed E-state index contributed by atoms with van der Waals surface area (Å²) in [5.74, 6) is -0.0339. The van der Waals surface area contributed by atoms with Crippen LogP contribution in [0.4, 0.5) is 4.79 Å². The maximum atomic E-state index is 11.9. The van der Waals surface area contributed by atoms with E-state index in [1.807, 2.05) is 0 Å². The number of likely N-dealkylation sites (tertiary alicyclic amines) is 1. The number of nitrogens with one attached hydrogen (secondary N) is 1. The number of carbonyl (C=O) groups is 2. The van der Waals surface area contributed by atoms with Crippen molar-refractivity contribution in [3.05, 3.63) is 0 Å². The number of hydrogen-bond donors (Lipinski definition) is 1. The maximum Gasteiger partial charge on any atom is 0.408 e. The Bertz CT molecular complexity index is 291. The molecule has 1 fully saturated rings. The lowest BCUT2D eigenvalue weighted by Crippen LogP contribution is -2.47. The molecule has 2 amide bonds. The Labute approximate surface area is 102 Å². The molecule has 0 aromatic rings. The molecule has 0 aromatic carbocycles. The molecule has 1 aliphatic rings. The smallest absolute Gasteiger partial charge is 0.408 e. The zero-order chi connectivity index (χ0) is 13.1. The molecule has 1 N–H and O–H groups in total. The lowest BCUT2D eigenvalue weighted by atomic mass is 10.2. The van der Waals surface area contributed by atoms with Gasteiger partial charge in [0, 0.05) is 13.1 Å². The minimum atomic E-state index is -0.544. The maximum absolute atomic E-state index is 11.9. The van der Waals surface area contributed by atoms with Gasteiger partial charge in [-0.2, -0.15) is 0 Å². The molecule has 0 aromatic heterocycles. The van der Waals surface area contributed by atoms with Crippen molar-refractivity contribution in [2.75, 3.05) is 13.1 Å². The summed E-state index contributed by atoms with van der Waals surface area (Å²) in [7, 11) is 0. The third kappa shape index (κ3) is 4.63. The van der Waals surface area contributed by atoms with E-state index in [4.69, 9.17) is 4.74 Å². The molecule has 98 valence electrons. The summed E-state index contributed by atoms with van der Waals surface area (Å²) in [6.45, 7) is 8.64. The fraction of sp³-hybridized carbons (Fsp3) is 0.833. The first-order valence-electron chi connectivity index (χ1n) is 6.08. The van der Waals surface area contributed by atoms with Crippen molar-refractivity contribution in [1.82, 2.24) is 10.2 Å². The van der Waals surface area contributed by atoms with Crippen molar-refractivity contribution in [2.24, 2.45) is 0 Å². The second-order valence-electron chi connectivity index (χ2n) is 5.40. The van der Waals surface area contributed by atoms with Gasteiger partial charge in [-0.1, -0.05) is 0 Å². The highest BCUT2D eigenvalue weighted by atomic mass is 16.6. The zero-order valence-electron chi connectivity index (χ0n) is 11.1. The van der Waals surface area contributed by atoms with Crippen LogP contribution in [-0.4, -0.2) is 41.6 Å². The van der Waals surface area contributed by atoms with Crippen molar-refractivity contribution >= 4 is 12.0 Å². The predicted molar refractivity (Wildman–Crippen MR) is 64.6 cm³/mol. The van der Waals surface area contributed by atoms with Gasteiger partial charge in [-0.3, -0.25) is 4.79 Å². The average Bonchev–Trinajstić information content (AvgIpc) is 2.65. The van der Waals surface area contributed by atoms with E-state index in [1.54, 1.807) is 32.6 Å². The molecule has 17 heavy (non-hydrogen) atoms. The largest absolute Gasteiger partial charge is 0.444 e. The third-order valence-electron chi connectivity index (χ3n) is 2.52. The van der Waals surface area contributed by atoms with E-state index < -0.39 is 17.7 Å². The van der Waals surface area contributed by atoms with Crippen LogP contribution >= 0.6 is 0 Å². The monoisotopic (exact) mass is 242 g/mol. The molecule has 0 bridgehead atoms. The van der Waals surface area contributed by atoms with Crippen molar-refractivity contribution in [2.45, 2.75) is 52.2 Å². The first-order valence-corrected chi connectivity index (χ1v) is 6.08. The van der Waals surface area contributed by atoms with Crippen molar-refractivity contribution in [1.29, 1.82) is 0 Å². The normalized spacial score (nSPS) is 17.8. The summed E-state index contributed by atoms with van der Waals surface area (Å²) < 4.78 is 5.10. The van der Waals surface area contributed by atoms with Crippen molar-refractivity contribution in [3.8, 4) is 0 Å². The van der Waals surface area contributed by atoms with Crippen molar-refractivity contribution in [3.63, 3.8) is 0 Å². The molecular formula is C12H22N2O3. The Hall–Kier alpha value is -1.26. The molecule has 0 saturated carbocycles. The van der Waals surface area contributed by atoms with Gasteiger partial charge in [-0.15, -0.1) is 0 Å². The molecule has 1 heterocycles. The number of alkyl carbamates (subject to hydrolysis) is 1. The molecular weight excluding hydrogens is 220 g/mol. The van der Waals surface area contributed by atoms with Crippen molar-refractivity contribution < 1.29 is 14.3 Å². The Morgan fingerprint density at radius 2 is 1.76 bits per heavy atom. The van der Waals surface area contributed by atoms with E-state index in [0.29, 0.717) is 0 Å². The average molecular weight is 242 g/mol. The first-order chi connectivity index (χ1) is 7.79. The lowest BCUT2D eigenvalue weighted by Gasteiger charge is -2.24. The molecule has 1 atom stereocenters. The minimum Gasteiger partial charge on any atom is -0.444 e. The highest BCUT2D eigenvalue weighted by Crippen LogP contribution is 2.10. The standard InChI is InChI=1S/C12H22N2O3/c1-9(10(15)14-7-5-6-8-14)13-11(16)17-12(2,3)4/h9H,5-8H2,1-4H3,(H,13,16)/t9-/m0/s1. The lowest BCUT2D eigenvalue weighted by molar-refractivity contribution is -0.131.